The lowest BCUT2D eigenvalue weighted by Gasteiger charge is -2.18. The van der Waals surface area contributed by atoms with Crippen LogP contribution in [0.25, 0.3) is 98.4 Å². The van der Waals surface area contributed by atoms with Crippen LogP contribution in [-0.2, 0) is 0 Å². The Morgan fingerprint density at radius 1 is 0.295 bits per heavy atom. The minimum atomic E-state index is 0.902. The van der Waals surface area contributed by atoms with Gasteiger partial charge in [-0.2, -0.15) is 0 Å². The van der Waals surface area contributed by atoms with Crippen LogP contribution >= 0.6 is 0 Å². The van der Waals surface area contributed by atoms with Crippen molar-refractivity contribution >= 4 is 76.2 Å². The Balaban J connectivity index is 1.38. The summed E-state index contributed by atoms with van der Waals surface area (Å²) in [5.74, 6) is 0. The van der Waals surface area contributed by atoms with Gasteiger partial charge in [-0.05, 0) is 84.9 Å². The Morgan fingerprint density at radius 3 is 1.32 bits per heavy atom. The SMILES string of the molecule is c1ccc2cc3c(cc2c1)oc1cccc(-c2c4ccccc4c(-c4cccc5oc6ccccc6c45)c4ccccc24)c13. The highest BCUT2D eigenvalue weighted by Crippen LogP contribution is 2.49. The van der Waals surface area contributed by atoms with Crippen LogP contribution < -0.4 is 0 Å². The van der Waals surface area contributed by atoms with Gasteiger partial charge in [0.1, 0.15) is 22.3 Å². The highest BCUT2D eigenvalue weighted by atomic mass is 16.3. The van der Waals surface area contributed by atoms with E-state index in [1.165, 1.54) is 54.6 Å². The Morgan fingerprint density at radius 2 is 0.727 bits per heavy atom. The predicted molar refractivity (Wildman–Crippen MR) is 184 cm³/mol. The van der Waals surface area contributed by atoms with Crippen LogP contribution in [0, 0.1) is 0 Å². The fourth-order valence-electron chi connectivity index (χ4n) is 7.41. The Hall–Kier alpha value is -5.86. The number of furan rings is 2. The van der Waals surface area contributed by atoms with Crippen LogP contribution in [0.15, 0.2) is 154 Å². The number of hydrogen-bond acceptors (Lipinski definition) is 2. The van der Waals surface area contributed by atoms with Crippen molar-refractivity contribution < 1.29 is 8.83 Å². The number of fused-ring (bicyclic) bond motifs is 9. The summed E-state index contributed by atoms with van der Waals surface area (Å²) in [6, 6.07) is 51.9. The molecule has 44 heavy (non-hydrogen) atoms. The number of hydrogen-bond donors (Lipinski definition) is 0. The molecule has 0 saturated carbocycles. The van der Waals surface area contributed by atoms with Gasteiger partial charge < -0.3 is 8.83 Å². The van der Waals surface area contributed by atoms with Crippen molar-refractivity contribution in [1.82, 2.24) is 0 Å². The van der Waals surface area contributed by atoms with E-state index in [9.17, 15) is 0 Å². The van der Waals surface area contributed by atoms with Crippen molar-refractivity contribution in [2.45, 2.75) is 0 Å². The zero-order chi connectivity index (χ0) is 28.8. The third-order valence-corrected chi connectivity index (χ3v) is 9.24. The topological polar surface area (TPSA) is 26.3 Å². The van der Waals surface area contributed by atoms with E-state index >= 15 is 0 Å². The maximum Gasteiger partial charge on any atom is 0.136 e. The van der Waals surface area contributed by atoms with Crippen molar-refractivity contribution in [1.29, 1.82) is 0 Å². The molecule has 10 aromatic rings. The third kappa shape index (κ3) is 3.20. The average molecular weight is 561 g/mol. The summed E-state index contributed by atoms with van der Waals surface area (Å²) in [5.41, 5.74) is 8.45. The predicted octanol–water partition coefficient (Wildman–Crippen LogP) is 12.3. The molecule has 204 valence electrons. The van der Waals surface area contributed by atoms with Crippen LogP contribution in [0.1, 0.15) is 0 Å². The molecule has 0 amide bonds. The fourth-order valence-corrected chi connectivity index (χ4v) is 7.41. The average Bonchev–Trinajstić information content (AvgIpc) is 3.64. The standard InChI is InChI=1S/C42H24O2/c1-2-12-26-24-38-34(23-25(26)11-1)42-33(19-10-22-37(42)44-38)40-29-15-5-3-13-27(29)39(28-14-4-6-16-30(28)40)32-18-9-21-36-41(32)31-17-7-8-20-35(31)43-36/h1-24H. The summed E-state index contributed by atoms with van der Waals surface area (Å²) < 4.78 is 12.8. The van der Waals surface area contributed by atoms with Crippen LogP contribution in [0.3, 0.4) is 0 Å². The lowest BCUT2D eigenvalue weighted by molar-refractivity contribution is 0.669. The number of para-hydroxylation sites is 1. The molecule has 0 N–H and O–H groups in total. The molecule has 0 saturated heterocycles. The summed E-state index contributed by atoms with van der Waals surface area (Å²) in [6.45, 7) is 0. The quantitative estimate of drug-likeness (QED) is 0.197. The van der Waals surface area contributed by atoms with Gasteiger partial charge in [0.15, 0.2) is 0 Å². The molecule has 2 nitrogen and oxygen atoms in total. The molecule has 0 aliphatic carbocycles. The molecular formula is C42H24O2. The minimum absolute atomic E-state index is 0.902. The van der Waals surface area contributed by atoms with Crippen molar-refractivity contribution in [3.8, 4) is 22.3 Å². The number of rotatable bonds is 2. The molecule has 0 aliphatic rings. The van der Waals surface area contributed by atoms with Crippen molar-refractivity contribution in [3.05, 3.63) is 146 Å². The molecule has 2 aromatic heterocycles. The van der Waals surface area contributed by atoms with Crippen LogP contribution in [-0.4, -0.2) is 0 Å². The van der Waals surface area contributed by atoms with E-state index in [0.717, 1.165) is 43.9 Å². The van der Waals surface area contributed by atoms with Crippen LogP contribution in [0.2, 0.25) is 0 Å². The molecule has 2 heterocycles. The van der Waals surface area contributed by atoms with E-state index in [2.05, 4.69) is 140 Å². The van der Waals surface area contributed by atoms with Gasteiger partial charge in [-0.3, -0.25) is 0 Å². The fraction of sp³-hybridized carbons (Fsp3) is 0. The molecule has 8 aromatic carbocycles. The normalized spacial score (nSPS) is 12.1. The van der Waals surface area contributed by atoms with E-state index in [-0.39, 0.29) is 0 Å². The summed E-state index contributed by atoms with van der Waals surface area (Å²) in [6.07, 6.45) is 0. The van der Waals surface area contributed by atoms with Gasteiger partial charge in [-0.15, -0.1) is 0 Å². The minimum Gasteiger partial charge on any atom is -0.456 e. The van der Waals surface area contributed by atoms with Gasteiger partial charge in [0.05, 0.1) is 0 Å². The molecule has 2 heteroatoms. The summed E-state index contributed by atoms with van der Waals surface area (Å²) in [4.78, 5) is 0. The Labute approximate surface area is 252 Å². The molecule has 0 atom stereocenters. The second-order valence-electron chi connectivity index (χ2n) is 11.6. The molecule has 0 fully saturated rings. The van der Waals surface area contributed by atoms with Gasteiger partial charge in [-0.1, -0.05) is 115 Å². The molecule has 0 radical (unpaired) electrons. The third-order valence-electron chi connectivity index (χ3n) is 9.24. The van der Waals surface area contributed by atoms with Gasteiger partial charge >= 0.3 is 0 Å². The summed E-state index contributed by atoms with van der Waals surface area (Å²) in [7, 11) is 0. The zero-order valence-electron chi connectivity index (χ0n) is 23.7. The molecule has 0 bridgehead atoms. The van der Waals surface area contributed by atoms with Gasteiger partial charge in [0.25, 0.3) is 0 Å². The Kier molecular flexibility index (Phi) is 4.75. The second-order valence-corrected chi connectivity index (χ2v) is 11.6. The van der Waals surface area contributed by atoms with Crippen molar-refractivity contribution in [2.24, 2.45) is 0 Å². The first-order valence-corrected chi connectivity index (χ1v) is 15.0. The van der Waals surface area contributed by atoms with Gasteiger partial charge in [0.2, 0.25) is 0 Å². The lowest BCUT2D eigenvalue weighted by atomic mass is 9.84. The summed E-state index contributed by atoms with van der Waals surface area (Å²) in [5, 5.41) is 11.8. The van der Waals surface area contributed by atoms with E-state index in [4.69, 9.17) is 8.83 Å². The smallest absolute Gasteiger partial charge is 0.136 e. The monoisotopic (exact) mass is 560 g/mol. The highest BCUT2D eigenvalue weighted by molar-refractivity contribution is 6.28. The molecule has 0 spiro atoms. The Bertz CT molecular complexity index is 2720. The van der Waals surface area contributed by atoms with E-state index in [1.54, 1.807) is 0 Å². The molecule has 0 unspecified atom stereocenters. The highest BCUT2D eigenvalue weighted by Gasteiger charge is 2.22. The van der Waals surface area contributed by atoms with E-state index in [1.807, 2.05) is 6.07 Å². The summed E-state index contributed by atoms with van der Waals surface area (Å²) >= 11 is 0. The zero-order valence-corrected chi connectivity index (χ0v) is 23.7. The molecular weight excluding hydrogens is 536 g/mol. The van der Waals surface area contributed by atoms with Crippen molar-refractivity contribution in [3.63, 3.8) is 0 Å². The first-order valence-electron chi connectivity index (χ1n) is 15.0. The van der Waals surface area contributed by atoms with Gasteiger partial charge in [0, 0.05) is 21.5 Å². The van der Waals surface area contributed by atoms with Crippen LogP contribution in [0.5, 0.6) is 0 Å². The largest absolute Gasteiger partial charge is 0.456 e. The first kappa shape index (κ1) is 23.7. The maximum absolute atomic E-state index is 6.51. The van der Waals surface area contributed by atoms with Crippen molar-refractivity contribution in [2.75, 3.05) is 0 Å². The van der Waals surface area contributed by atoms with E-state index in [0.29, 0.717) is 0 Å². The lowest BCUT2D eigenvalue weighted by Crippen LogP contribution is -1.91. The molecule has 0 aliphatic heterocycles. The number of benzene rings is 8. The maximum atomic E-state index is 6.51. The van der Waals surface area contributed by atoms with Gasteiger partial charge in [-0.25, -0.2) is 0 Å². The van der Waals surface area contributed by atoms with E-state index < -0.39 is 0 Å². The first-order chi connectivity index (χ1) is 21.8. The second kappa shape index (κ2) is 8.82. The van der Waals surface area contributed by atoms with Crippen LogP contribution in [0.4, 0.5) is 0 Å². The molecule has 10 rings (SSSR count).